The molecule has 1 saturated carbocycles. The van der Waals surface area contributed by atoms with Crippen molar-refractivity contribution in [2.75, 3.05) is 18.4 Å². The first kappa shape index (κ1) is 16.3. The van der Waals surface area contributed by atoms with Gasteiger partial charge in [0.1, 0.15) is 0 Å². The van der Waals surface area contributed by atoms with Gasteiger partial charge in [-0.3, -0.25) is 4.79 Å². The van der Waals surface area contributed by atoms with Crippen molar-refractivity contribution in [2.24, 2.45) is 11.8 Å². The number of hydrogen-bond acceptors (Lipinski definition) is 2. The third-order valence-corrected chi connectivity index (χ3v) is 4.61. The van der Waals surface area contributed by atoms with E-state index in [1.54, 1.807) is 12.1 Å². The number of carbonyl (C=O) groups excluding carboxylic acids is 1. The van der Waals surface area contributed by atoms with E-state index in [0.29, 0.717) is 11.6 Å². The summed E-state index contributed by atoms with van der Waals surface area (Å²) >= 11 is 5.89. The summed E-state index contributed by atoms with van der Waals surface area (Å²) in [6, 6.07) is 7.22. The molecule has 1 fully saturated rings. The fourth-order valence-corrected chi connectivity index (χ4v) is 3.20. The van der Waals surface area contributed by atoms with Crippen LogP contribution in [0.1, 0.15) is 39.0 Å². The average Bonchev–Trinajstić information content (AvgIpc) is 2.48. The lowest BCUT2D eigenvalue weighted by Crippen LogP contribution is -2.33. The minimum Gasteiger partial charge on any atom is -0.325 e. The monoisotopic (exact) mass is 308 g/mol. The van der Waals surface area contributed by atoms with Crippen molar-refractivity contribution < 1.29 is 4.79 Å². The van der Waals surface area contributed by atoms with Gasteiger partial charge in [-0.2, -0.15) is 0 Å². The van der Waals surface area contributed by atoms with Crippen molar-refractivity contribution in [3.63, 3.8) is 0 Å². The van der Waals surface area contributed by atoms with E-state index in [0.717, 1.165) is 24.1 Å². The molecule has 1 amide bonds. The summed E-state index contributed by atoms with van der Waals surface area (Å²) in [5.41, 5.74) is 0.748. The van der Waals surface area contributed by atoms with Crippen molar-refractivity contribution in [3.05, 3.63) is 29.3 Å². The van der Waals surface area contributed by atoms with Crippen LogP contribution >= 0.6 is 11.6 Å². The van der Waals surface area contributed by atoms with Crippen molar-refractivity contribution in [2.45, 2.75) is 39.0 Å². The first-order chi connectivity index (χ1) is 10.2. The van der Waals surface area contributed by atoms with E-state index in [9.17, 15) is 4.79 Å². The molecule has 0 atom stereocenters. The van der Waals surface area contributed by atoms with Crippen LogP contribution in [0, 0.1) is 11.8 Å². The number of carbonyl (C=O) groups is 1. The summed E-state index contributed by atoms with van der Waals surface area (Å²) < 4.78 is 0. The second-order valence-corrected chi connectivity index (χ2v) is 6.42. The Kier molecular flexibility index (Phi) is 6.52. The molecule has 116 valence electrons. The summed E-state index contributed by atoms with van der Waals surface area (Å²) in [5, 5.41) is 6.76. The third kappa shape index (κ3) is 5.68. The highest BCUT2D eigenvalue weighted by atomic mass is 35.5. The molecule has 0 saturated heterocycles. The number of benzene rings is 1. The smallest absolute Gasteiger partial charge is 0.238 e. The van der Waals surface area contributed by atoms with Gasteiger partial charge in [-0.25, -0.2) is 0 Å². The Balaban J connectivity index is 1.63. The molecule has 0 bridgehead atoms. The maximum atomic E-state index is 11.8. The van der Waals surface area contributed by atoms with E-state index in [1.165, 1.54) is 32.1 Å². The molecule has 3 nitrogen and oxygen atoms in total. The lowest BCUT2D eigenvalue weighted by Gasteiger charge is -2.27. The molecule has 0 unspecified atom stereocenters. The van der Waals surface area contributed by atoms with Crippen LogP contribution in [-0.4, -0.2) is 19.0 Å². The van der Waals surface area contributed by atoms with Crippen LogP contribution in [0.2, 0.25) is 5.02 Å². The molecule has 0 heterocycles. The zero-order valence-corrected chi connectivity index (χ0v) is 13.5. The third-order valence-electron chi connectivity index (χ3n) is 4.37. The molecule has 1 aromatic carbocycles. The van der Waals surface area contributed by atoms with Gasteiger partial charge in [-0.05, 0) is 49.4 Å². The quantitative estimate of drug-likeness (QED) is 0.831. The van der Waals surface area contributed by atoms with Crippen molar-refractivity contribution in [1.82, 2.24) is 5.32 Å². The van der Waals surface area contributed by atoms with Crippen molar-refractivity contribution in [3.8, 4) is 0 Å². The Labute approximate surface area is 132 Å². The van der Waals surface area contributed by atoms with Gasteiger partial charge in [0.15, 0.2) is 0 Å². The van der Waals surface area contributed by atoms with Crippen LogP contribution in [0.3, 0.4) is 0 Å². The largest absolute Gasteiger partial charge is 0.325 e. The molecule has 0 aromatic heterocycles. The van der Waals surface area contributed by atoms with Gasteiger partial charge in [0, 0.05) is 10.7 Å². The van der Waals surface area contributed by atoms with Gasteiger partial charge >= 0.3 is 0 Å². The predicted molar refractivity (Wildman–Crippen MR) is 88.7 cm³/mol. The van der Waals surface area contributed by atoms with E-state index in [-0.39, 0.29) is 5.91 Å². The Morgan fingerprint density at radius 3 is 2.62 bits per heavy atom. The topological polar surface area (TPSA) is 41.1 Å². The number of anilines is 1. The van der Waals surface area contributed by atoms with Crippen LogP contribution in [0.4, 0.5) is 5.69 Å². The number of nitrogens with one attached hydrogen (secondary N) is 2. The summed E-state index contributed by atoms with van der Waals surface area (Å²) in [7, 11) is 0. The first-order valence-corrected chi connectivity index (χ1v) is 8.31. The van der Waals surface area contributed by atoms with Crippen LogP contribution < -0.4 is 10.6 Å². The van der Waals surface area contributed by atoms with Crippen molar-refractivity contribution >= 4 is 23.2 Å². The van der Waals surface area contributed by atoms with Gasteiger partial charge in [-0.15, -0.1) is 0 Å². The molecule has 1 aliphatic rings. The van der Waals surface area contributed by atoms with E-state index < -0.39 is 0 Å². The number of hydrogen-bond donors (Lipinski definition) is 2. The maximum absolute atomic E-state index is 11.8. The molecule has 1 aliphatic carbocycles. The number of halogens is 1. The molecule has 1 aromatic rings. The SMILES string of the molecule is CCC1CCC(CNCC(=O)Nc2cccc(Cl)c2)CC1. The highest BCUT2D eigenvalue weighted by Gasteiger charge is 2.19. The lowest BCUT2D eigenvalue weighted by atomic mass is 9.81. The van der Waals surface area contributed by atoms with Gasteiger partial charge in [0.2, 0.25) is 5.91 Å². The highest BCUT2D eigenvalue weighted by molar-refractivity contribution is 6.30. The van der Waals surface area contributed by atoms with E-state index >= 15 is 0 Å². The minimum atomic E-state index is -0.0143. The van der Waals surface area contributed by atoms with E-state index in [2.05, 4.69) is 17.6 Å². The molecule has 21 heavy (non-hydrogen) atoms. The lowest BCUT2D eigenvalue weighted by molar-refractivity contribution is -0.115. The average molecular weight is 309 g/mol. The summed E-state index contributed by atoms with van der Waals surface area (Å²) in [6.45, 7) is 3.59. The van der Waals surface area contributed by atoms with Crippen molar-refractivity contribution in [1.29, 1.82) is 0 Å². The minimum absolute atomic E-state index is 0.0143. The van der Waals surface area contributed by atoms with Crippen LogP contribution in [0.25, 0.3) is 0 Å². The number of rotatable bonds is 6. The predicted octanol–water partition coefficient (Wildman–Crippen LogP) is 4.08. The zero-order valence-electron chi connectivity index (χ0n) is 12.7. The maximum Gasteiger partial charge on any atom is 0.238 e. The zero-order chi connectivity index (χ0) is 15.1. The van der Waals surface area contributed by atoms with Crippen LogP contribution in [0.5, 0.6) is 0 Å². The molecular weight excluding hydrogens is 284 g/mol. The van der Waals surface area contributed by atoms with Gasteiger partial charge < -0.3 is 10.6 Å². The fraction of sp³-hybridized carbons (Fsp3) is 0.588. The summed E-state index contributed by atoms with van der Waals surface area (Å²) in [4.78, 5) is 11.8. The summed E-state index contributed by atoms with van der Waals surface area (Å²) in [5.74, 6) is 1.64. The molecular formula is C17H25ClN2O. The molecule has 0 spiro atoms. The Hall–Kier alpha value is -1.06. The second-order valence-electron chi connectivity index (χ2n) is 5.98. The van der Waals surface area contributed by atoms with E-state index in [4.69, 9.17) is 11.6 Å². The van der Waals surface area contributed by atoms with Gasteiger partial charge in [-0.1, -0.05) is 43.9 Å². The molecule has 2 rings (SSSR count). The van der Waals surface area contributed by atoms with Gasteiger partial charge in [0.05, 0.1) is 6.54 Å². The highest BCUT2D eigenvalue weighted by Crippen LogP contribution is 2.30. The molecule has 0 radical (unpaired) electrons. The Morgan fingerprint density at radius 1 is 1.24 bits per heavy atom. The first-order valence-electron chi connectivity index (χ1n) is 7.93. The Bertz CT molecular complexity index is 456. The van der Waals surface area contributed by atoms with Gasteiger partial charge in [0.25, 0.3) is 0 Å². The number of amides is 1. The fourth-order valence-electron chi connectivity index (χ4n) is 3.01. The van der Waals surface area contributed by atoms with Crippen LogP contribution in [-0.2, 0) is 4.79 Å². The normalized spacial score (nSPS) is 22.0. The van der Waals surface area contributed by atoms with E-state index in [1.807, 2.05) is 12.1 Å². The Morgan fingerprint density at radius 2 is 1.95 bits per heavy atom. The molecule has 0 aliphatic heterocycles. The summed E-state index contributed by atoms with van der Waals surface area (Å²) in [6.07, 6.45) is 6.58. The molecule has 4 heteroatoms. The standard InChI is InChI=1S/C17H25ClN2O/c1-2-13-6-8-14(9-7-13)11-19-12-17(21)20-16-5-3-4-15(18)10-16/h3-5,10,13-14,19H,2,6-9,11-12H2,1H3,(H,20,21). The molecule has 2 N–H and O–H groups in total. The second kappa shape index (κ2) is 8.40. The van der Waals surface area contributed by atoms with Crippen LogP contribution in [0.15, 0.2) is 24.3 Å².